The first-order valence-corrected chi connectivity index (χ1v) is 15.6. The first-order valence-electron chi connectivity index (χ1n) is 13.0. The van der Waals surface area contributed by atoms with Crippen molar-refractivity contribution in [1.82, 2.24) is 10.2 Å². The molecule has 208 valence electrons. The van der Waals surface area contributed by atoms with E-state index in [2.05, 4.69) is 21.2 Å². The van der Waals surface area contributed by atoms with E-state index in [1.54, 1.807) is 17.0 Å². The number of hydrogen-bond acceptors (Lipinski definition) is 4. The van der Waals surface area contributed by atoms with Gasteiger partial charge in [-0.1, -0.05) is 76.6 Å². The number of sulfonamides is 1. The highest BCUT2D eigenvalue weighted by Gasteiger charge is 2.30. The van der Waals surface area contributed by atoms with Crippen LogP contribution in [0.3, 0.4) is 0 Å². The van der Waals surface area contributed by atoms with E-state index in [0.717, 1.165) is 21.2 Å². The number of carbonyl (C=O) groups is 2. The van der Waals surface area contributed by atoms with Crippen molar-refractivity contribution in [3.63, 3.8) is 0 Å². The van der Waals surface area contributed by atoms with Gasteiger partial charge in [0.2, 0.25) is 21.8 Å². The first-order chi connectivity index (χ1) is 18.6. The van der Waals surface area contributed by atoms with Crippen LogP contribution in [0.1, 0.15) is 36.5 Å². The van der Waals surface area contributed by atoms with Crippen molar-refractivity contribution in [3.8, 4) is 0 Å². The van der Waals surface area contributed by atoms with Gasteiger partial charge in [-0.15, -0.1) is 0 Å². The SMILES string of the molecule is CCNC(=O)[C@H](Cc1ccccc1)N(Cc1ccc(Br)cc1)C(=O)CCCN(c1ccccc1C)S(C)(=O)=O. The fourth-order valence-electron chi connectivity index (χ4n) is 4.46. The summed E-state index contributed by atoms with van der Waals surface area (Å²) in [5.41, 5.74) is 3.28. The Kier molecular flexibility index (Phi) is 11.1. The van der Waals surface area contributed by atoms with Gasteiger partial charge in [-0.25, -0.2) is 8.42 Å². The second-order valence-corrected chi connectivity index (χ2v) is 12.3. The lowest BCUT2D eigenvalue weighted by atomic mass is 10.0. The van der Waals surface area contributed by atoms with E-state index in [9.17, 15) is 18.0 Å². The second kappa shape index (κ2) is 14.3. The summed E-state index contributed by atoms with van der Waals surface area (Å²) in [5.74, 6) is -0.423. The minimum Gasteiger partial charge on any atom is -0.355 e. The van der Waals surface area contributed by atoms with Crippen molar-refractivity contribution >= 4 is 43.5 Å². The highest BCUT2D eigenvalue weighted by molar-refractivity contribution is 9.10. The van der Waals surface area contributed by atoms with Gasteiger partial charge in [-0.05, 0) is 55.2 Å². The summed E-state index contributed by atoms with van der Waals surface area (Å²) in [6.45, 7) is 4.58. The van der Waals surface area contributed by atoms with Gasteiger partial charge in [0.15, 0.2) is 0 Å². The number of benzene rings is 3. The van der Waals surface area contributed by atoms with E-state index >= 15 is 0 Å². The first kappa shape index (κ1) is 30.4. The molecule has 7 nitrogen and oxygen atoms in total. The van der Waals surface area contributed by atoms with E-state index in [1.165, 1.54) is 10.6 Å². The lowest BCUT2D eigenvalue weighted by molar-refractivity contribution is -0.141. The number of nitrogens with zero attached hydrogens (tertiary/aromatic N) is 2. The Hall–Kier alpha value is -3.17. The Morgan fingerprint density at radius 1 is 0.923 bits per heavy atom. The number of amides is 2. The Bertz CT molecular complexity index is 1350. The number of aryl methyl sites for hydroxylation is 1. The zero-order valence-corrected chi connectivity index (χ0v) is 25.0. The molecule has 2 amide bonds. The van der Waals surface area contributed by atoms with Crippen molar-refractivity contribution in [2.45, 2.75) is 45.7 Å². The average Bonchev–Trinajstić information content (AvgIpc) is 2.90. The van der Waals surface area contributed by atoms with E-state index in [-0.39, 0.29) is 31.3 Å². The molecule has 0 saturated heterocycles. The molecule has 1 atom stereocenters. The Morgan fingerprint density at radius 3 is 2.18 bits per heavy atom. The highest BCUT2D eigenvalue weighted by Crippen LogP contribution is 2.23. The van der Waals surface area contributed by atoms with Crippen LogP contribution >= 0.6 is 15.9 Å². The predicted molar refractivity (Wildman–Crippen MR) is 160 cm³/mol. The number of carbonyl (C=O) groups excluding carboxylic acids is 2. The topological polar surface area (TPSA) is 86.8 Å². The van der Waals surface area contributed by atoms with Crippen LogP contribution in [0.4, 0.5) is 5.69 Å². The van der Waals surface area contributed by atoms with Crippen molar-refractivity contribution in [3.05, 3.63) is 100 Å². The number of rotatable bonds is 13. The van der Waals surface area contributed by atoms with Crippen molar-refractivity contribution in [1.29, 1.82) is 0 Å². The summed E-state index contributed by atoms with van der Waals surface area (Å²) >= 11 is 3.45. The third-order valence-electron chi connectivity index (χ3n) is 6.42. The molecule has 0 unspecified atom stereocenters. The van der Waals surface area contributed by atoms with Crippen LogP contribution in [0.5, 0.6) is 0 Å². The Morgan fingerprint density at radius 2 is 1.56 bits per heavy atom. The lowest BCUT2D eigenvalue weighted by Crippen LogP contribution is -2.50. The molecule has 39 heavy (non-hydrogen) atoms. The van der Waals surface area contributed by atoms with Gasteiger partial charge in [-0.2, -0.15) is 0 Å². The molecule has 3 aromatic rings. The molecule has 0 heterocycles. The summed E-state index contributed by atoms with van der Waals surface area (Å²) < 4.78 is 27.5. The number of halogens is 1. The van der Waals surface area contributed by atoms with Crippen LogP contribution in [0.2, 0.25) is 0 Å². The lowest BCUT2D eigenvalue weighted by Gasteiger charge is -2.32. The number of likely N-dealkylation sites (N-methyl/N-ethyl adjacent to an activating group) is 1. The number of para-hydroxylation sites is 1. The maximum Gasteiger partial charge on any atom is 0.243 e. The number of anilines is 1. The molecule has 0 bridgehead atoms. The average molecular weight is 615 g/mol. The molecule has 0 saturated carbocycles. The minimum absolute atomic E-state index is 0.0964. The molecule has 0 aromatic heterocycles. The van der Waals surface area contributed by atoms with Crippen LogP contribution in [0.15, 0.2) is 83.3 Å². The van der Waals surface area contributed by atoms with Crippen LogP contribution in [-0.4, -0.2) is 50.5 Å². The molecule has 0 aliphatic carbocycles. The third kappa shape index (κ3) is 8.93. The molecule has 9 heteroatoms. The zero-order valence-electron chi connectivity index (χ0n) is 22.6. The molecule has 0 spiro atoms. The summed E-state index contributed by atoms with van der Waals surface area (Å²) in [6.07, 6.45) is 1.95. The summed E-state index contributed by atoms with van der Waals surface area (Å²) in [6, 6.07) is 23.9. The standard InChI is InChI=1S/C30H36BrN3O4S/c1-4-32-30(36)28(21-24-12-6-5-7-13-24)33(22-25-16-18-26(31)19-17-25)29(35)15-10-20-34(39(3,37)38)27-14-9-8-11-23(27)2/h5-9,11-14,16-19,28H,4,10,15,20-22H2,1-3H3,(H,32,36)/t28-/m0/s1. The summed E-state index contributed by atoms with van der Waals surface area (Å²) in [5, 5.41) is 2.89. The van der Waals surface area contributed by atoms with Gasteiger partial charge in [0.1, 0.15) is 6.04 Å². The monoisotopic (exact) mass is 613 g/mol. The van der Waals surface area contributed by atoms with Crippen molar-refractivity contribution in [2.24, 2.45) is 0 Å². The van der Waals surface area contributed by atoms with Crippen LogP contribution in [-0.2, 0) is 32.6 Å². The van der Waals surface area contributed by atoms with Crippen LogP contribution < -0.4 is 9.62 Å². The van der Waals surface area contributed by atoms with Gasteiger partial charge in [0.05, 0.1) is 11.9 Å². The molecule has 0 aliphatic rings. The van der Waals surface area contributed by atoms with E-state index in [1.807, 2.05) is 80.6 Å². The normalized spacial score (nSPS) is 12.0. The molecular weight excluding hydrogens is 578 g/mol. The third-order valence-corrected chi connectivity index (χ3v) is 8.13. The molecule has 3 aromatic carbocycles. The predicted octanol–water partition coefficient (Wildman–Crippen LogP) is 5.08. The van der Waals surface area contributed by atoms with Gasteiger partial charge in [-0.3, -0.25) is 13.9 Å². The largest absolute Gasteiger partial charge is 0.355 e. The van der Waals surface area contributed by atoms with Crippen LogP contribution in [0, 0.1) is 6.92 Å². The second-order valence-electron chi connectivity index (χ2n) is 9.47. The summed E-state index contributed by atoms with van der Waals surface area (Å²) in [7, 11) is -3.55. The molecule has 0 aliphatic heterocycles. The van der Waals surface area contributed by atoms with E-state index < -0.39 is 16.1 Å². The van der Waals surface area contributed by atoms with Crippen molar-refractivity contribution < 1.29 is 18.0 Å². The fourth-order valence-corrected chi connectivity index (χ4v) is 5.75. The van der Waals surface area contributed by atoms with E-state index in [4.69, 9.17) is 0 Å². The maximum absolute atomic E-state index is 13.8. The van der Waals surface area contributed by atoms with Crippen molar-refractivity contribution in [2.75, 3.05) is 23.7 Å². The fraction of sp³-hybridized carbons (Fsp3) is 0.333. The molecular formula is C30H36BrN3O4S. The highest BCUT2D eigenvalue weighted by atomic mass is 79.9. The van der Waals surface area contributed by atoms with Gasteiger partial charge >= 0.3 is 0 Å². The maximum atomic E-state index is 13.8. The molecule has 3 rings (SSSR count). The quantitative estimate of drug-likeness (QED) is 0.291. The molecule has 0 fully saturated rings. The Labute approximate surface area is 240 Å². The number of nitrogens with one attached hydrogen (secondary N) is 1. The van der Waals surface area contributed by atoms with Gasteiger partial charge in [0.25, 0.3) is 0 Å². The van der Waals surface area contributed by atoms with Gasteiger partial charge in [0, 0.05) is 36.9 Å². The minimum atomic E-state index is -3.55. The number of hydrogen-bond donors (Lipinski definition) is 1. The van der Waals surface area contributed by atoms with E-state index in [0.29, 0.717) is 25.1 Å². The zero-order chi connectivity index (χ0) is 28.4. The van der Waals surface area contributed by atoms with Crippen LogP contribution in [0.25, 0.3) is 0 Å². The summed E-state index contributed by atoms with van der Waals surface area (Å²) in [4.78, 5) is 28.7. The van der Waals surface area contributed by atoms with Gasteiger partial charge < -0.3 is 10.2 Å². The smallest absolute Gasteiger partial charge is 0.243 e. The molecule has 0 radical (unpaired) electrons. The Balaban J connectivity index is 1.86. The molecule has 1 N–H and O–H groups in total.